The lowest BCUT2D eigenvalue weighted by molar-refractivity contribution is -0.137. The number of aromatic nitrogens is 3. The largest absolute Gasteiger partial charge is 0.503 e. The number of anilines is 1. The molecular weight excluding hydrogens is 485 g/mol. The zero-order chi connectivity index (χ0) is 23.8. The Morgan fingerprint density at radius 1 is 1.15 bits per heavy atom. The molecule has 2 N–H and O–H groups in total. The molecule has 0 aliphatic rings. The van der Waals surface area contributed by atoms with Crippen molar-refractivity contribution in [1.29, 1.82) is 0 Å². The molecule has 3 aromatic heterocycles. The van der Waals surface area contributed by atoms with Crippen LogP contribution in [0.25, 0.3) is 10.3 Å². The van der Waals surface area contributed by atoms with Crippen molar-refractivity contribution in [2.45, 2.75) is 6.18 Å². The first-order valence-electron chi connectivity index (χ1n) is 9.01. The Bertz CT molecular complexity index is 1360. The lowest BCUT2D eigenvalue weighted by Crippen LogP contribution is -2.13. The van der Waals surface area contributed by atoms with Gasteiger partial charge >= 0.3 is 6.18 Å². The van der Waals surface area contributed by atoms with Crippen molar-refractivity contribution in [3.8, 4) is 23.1 Å². The number of methoxy groups -OCH3 is 1. The minimum Gasteiger partial charge on any atom is -0.503 e. The number of aromatic hydroxyl groups is 1. The maximum absolute atomic E-state index is 12.8. The second-order valence-electron chi connectivity index (χ2n) is 6.40. The average molecular weight is 497 g/mol. The van der Waals surface area contributed by atoms with Crippen molar-refractivity contribution < 1.29 is 32.5 Å². The van der Waals surface area contributed by atoms with E-state index in [0.29, 0.717) is 10.3 Å². The number of halogens is 4. The first-order chi connectivity index (χ1) is 15.7. The van der Waals surface area contributed by atoms with E-state index in [-0.39, 0.29) is 33.2 Å². The first-order valence-corrected chi connectivity index (χ1v) is 10.2. The molecule has 0 atom stereocenters. The summed E-state index contributed by atoms with van der Waals surface area (Å²) in [5.74, 6) is -0.976. The van der Waals surface area contributed by atoms with Crippen LogP contribution < -0.4 is 14.8 Å². The average Bonchev–Trinajstić information content (AvgIpc) is 3.16. The Morgan fingerprint density at radius 3 is 2.64 bits per heavy atom. The summed E-state index contributed by atoms with van der Waals surface area (Å²) in [5, 5.41) is 12.5. The monoisotopic (exact) mass is 496 g/mol. The third-order valence-corrected chi connectivity index (χ3v) is 5.42. The molecular formula is C20H12ClF3N4O4S. The second-order valence-corrected chi connectivity index (χ2v) is 7.79. The normalized spacial score (nSPS) is 11.4. The number of amides is 1. The molecule has 33 heavy (non-hydrogen) atoms. The number of carbonyl (C=O) groups is 1. The third kappa shape index (κ3) is 4.76. The summed E-state index contributed by atoms with van der Waals surface area (Å²) in [5.41, 5.74) is -0.714. The molecule has 0 bridgehead atoms. The minimum absolute atomic E-state index is 0.00543. The Morgan fingerprint density at radius 2 is 1.94 bits per heavy atom. The van der Waals surface area contributed by atoms with Crippen LogP contribution in [0.5, 0.6) is 23.1 Å². The van der Waals surface area contributed by atoms with E-state index in [1.165, 1.54) is 25.4 Å². The van der Waals surface area contributed by atoms with Crippen molar-refractivity contribution in [2.24, 2.45) is 0 Å². The van der Waals surface area contributed by atoms with Gasteiger partial charge in [0.25, 0.3) is 5.91 Å². The van der Waals surface area contributed by atoms with E-state index in [1.807, 2.05) is 0 Å². The topological polar surface area (TPSA) is 106 Å². The van der Waals surface area contributed by atoms with Gasteiger partial charge in [-0.1, -0.05) is 22.9 Å². The Kier molecular flexibility index (Phi) is 5.95. The van der Waals surface area contributed by atoms with Crippen LogP contribution in [0.1, 0.15) is 16.1 Å². The van der Waals surface area contributed by atoms with E-state index in [1.54, 1.807) is 6.07 Å². The van der Waals surface area contributed by atoms with Gasteiger partial charge in [-0.25, -0.2) is 15.0 Å². The van der Waals surface area contributed by atoms with Gasteiger partial charge in [-0.05, 0) is 24.3 Å². The predicted molar refractivity (Wildman–Crippen MR) is 114 cm³/mol. The molecule has 0 saturated carbocycles. The molecule has 0 aliphatic carbocycles. The van der Waals surface area contributed by atoms with Gasteiger partial charge in [0, 0.05) is 18.3 Å². The third-order valence-electron chi connectivity index (χ3n) is 4.25. The first kappa shape index (κ1) is 22.6. The summed E-state index contributed by atoms with van der Waals surface area (Å²) in [6.07, 6.45) is -3.22. The smallest absolute Gasteiger partial charge is 0.416 e. The molecule has 3 heterocycles. The van der Waals surface area contributed by atoms with Gasteiger partial charge in [0.05, 0.1) is 17.7 Å². The van der Waals surface area contributed by atoms with E-state index in [0.717, 1.165) is 29.5 Å². The zero-order valence-electron chi connectivity index (χ0n) is 16.5. The number of alkyl halides is 3. The molecule has 1 amide bonds. The van der Waals surface area contributed by atoms with Crippen LogP contribution in [0, 0.1) is 0 Å². The second kappa shape index (κ2) is 8.71. The van der Waals surface area contributed by atoms with Gasteiger partial charge in [-0.2, -0.15) is 13.2 Å². The molecule has 0 fully saturated rings. The van der Waals surface area contributed by atoms with E-state index in [2.05, 4.69) is 20.3 Å². The highest BCUT2D eigenvalue weighted by Crippen LogP contribution is 2.37. The molecule has 0 spiro atoms. The highest BCUT2D eigenvalue weighted by atomic mass is 35.5. The number of nitrogens with zero attached hydrogens (tertiary/aromatic N) is 3. The fourth-order valence-corrected chi connectivity index (χ4v) is 3.75. The summed E-state index contributed by atoms with van der Waals surface area (Å²) in [6, 6.07) is 7.13. The van der Waals surface area contributed by atoms with Crippen LogP contribution >= 0.6 is 22.9 Å². The number of benzene rings is 1. The van der Waals surface area contributed by atoms with Crippen LogP contribution in [-0.4, -0.2) is 33.1 Å². The molecule has 0 radical (unpaired) electrons. The van der Waals surface area contributed by atoms with Crippen molar-refractivity contribution in [3.63, 3.8) is 0 Å². The van der Waals surface area contributed by atoms with Gasteiger partial charge in [-0.15, -0.1) is 0 Å². The lowest BCUT2D eigenvalue weighted by Gasteiger charge is -2.10. The molecule has 0 aliphatic heterocycles. The lowest BCUT2D eigenvalue weighted by atomic mass is 10.2. The van der Waals surface area contributed by atoms with Gasteiger partial charge in [0.1, 0.15) is 16.1 Å². The number of hydrogen-bond donors (Lipinski definition) is 2. The molecule has 0 saturated heterocycles. The van der Waals surface area contributed by atoms with Gasteiger partial charge in [0.2, 0.25) is 5.88 Å². The molecule has 4 rings (SSSR count). The number of thiazole rings is 1. The van der Waals surface area contributed by atoms with Crippen LogP contribution in [0.2, 0.25) is 5.02 Å². The number of ether oxygens (including phenoxy) is 2. The van der Waals surface area contributed by atoms with E-state index in [4.69, 9.17) is 21.1 Å². The van der Waals surface area contributed by atoms with E-state index in [9.17, 15) is 23.1 Å². The van der Waals surface area contributed by atoms with Crippen LogP contribution in [0.3, 0.4) is 0 Å². The maximum atomic E-state index is 12.8. The summed E-state index contributed by atoms with van der Waals surface area (Å²) < 4.78 is 48.8. The maximum Gasteiger partial charge on any atom is 0.416 e. The van der Waals surface area contributed by atoms with Gasteiger partial charge in [-0.3, -0.25) is 10.1 Å². The fourth-order valence-electron chi connectivity index (χ4n) is 2.71. The Labute approximate surface area is 192 Å². The fraction of sp³-hybridized carbons (Fsp3) is 0.100. The number of carbonyl (C=O) groups excluding carboxylic acids is 1. The van der Waals surface area contributed by atoms with Gasteiger partial charge < -0.3 is 14.6 Å². The van der Waals surface area contributed by atoms with Crippen LogP contribution in [0.15, 0.2) is 42.6 Å². The van der Waals surface area contributed by atoms with Crippen LogP contribution in [-0.2, 0) is 6.18 Å². The van der Waals surface area contributed by atoms with Crippen molar-refractivity contribution in [3.05, 3.63) is 58.9 Å². The minimum atomic E-state index is -4.53. The highest BCUT2D eigenvalue weighted by molar-refractivity contribution is 7.22. The molecule has 4 aromatic rings. The standard InChI is InChI=1S/C20H12ClF3N4O4S/c1-31-13-6-7-25-15(16(13)29)17(30)28-19-26-11-3-5-14(27-18(11)33-19)32-12-4-2-9(8-10(12)21)20(22,23)24/h2-8,29H,1H3,(H,26,28,30). The molecule has 13 heteroatoms. The number of pyridine rings is 2. The number of hydrogen-bond acceptors (Lipinski definition) is 8. The quantitative estimate of drug-likeness (QED) is 0.375. The van der Waals surface area contributed by atoms with Crippen molar-refractivity contribution in [2.75, 3.05) is 12.4 Å². The summed E-state index contributed by atoms with van der Waals surface area (Å²) >= 11 is 6.93. The summed E-state index contributed by atoms with van der Waals surface area (Å²) in [7, 11) is 1.34. The van der Waals surface area contributed by atoms with Crippen molar-refractivity contribution in [1.82, 2.24) is 15.0 Å². The van der Waals surface area contributed by atoms with E-state index >= 15 is 0 Å². The molecule has 8 nitrogen and oxygen atoms in total. The zero-order valence-corrected chi connectivity index (χ0v) is 18.0. The summed E-state index contributed by atoms with van der Waals surface area (Å²) in [6.45, 7) is 0. The molecule has 170 valence electrons. The summed E-state index contributed by atoms with van der Waals surface area (Å²) in [4.78, 5) is 25.2. The van der Waals surface area contributed by atoms with E-state index < -0.39 is 23.4 Å². The highest BCUT2D eigenvalue weighted by Gasteiger charge is 2.31. The molecule has 0 unspecified atom stereocenters. The Balaban J connectivity index is 1.54. The number of nitrogens with one attached hydrogen (secondary N) is 1. The predicted octanol–water partition coefficient (Wildman–Crippen LogP) is 5.52. The van der Waals surface area contributed by atoms with Gasteiger partial charge in [0.15, 0.2) is 22.3 Å². The molecule has 1 aromatic carbocycles. The Hall–Kier alpha value is -3.64. The van der Waals surface area contributed by atoms with Crippen LogP contribution in [0.4, 0.5) is 18.3 Å². The SMILES string of the molecule is COc1ccnc(C(=O)Nc2nc3ccc(Oc4ccc(C(F)(F)F)cc4Cl)nc3s2)c1O. The number of rotatable bonds is 5. The number of fused-ring (bicyclic) bond motifs is 1. The van der Waals surface area contributed by atoms with Crippen molar-refractivity contribution >= 4 is 44.3 Å².